The van der Waals surface area contributed by atoms with Crippen LogP contribution in [-0.4, -0.2) is 48.3 Å². The normalized spacial score (nSPS) is 16.9. The number of benzene rings is 1. The number of nitrogens with zero attached hydrogens (tertiary/aromatic N) is 3. The highest BCUT2D eigenvalue weighted by Crippen LogP contribution is 2.25. The monoisotopic (exact) mass is 496 g/mol. The summed E-state index contributed by atoms with van der Waals surface area (Å²) in [5.74, 6) is 2.93. The zero-order valence-corrected chi connectivity index (χ0v) is 19.2. The van der Waals surface area contributed by atoms with Crippen molar-refractivity contribution in [3.05, 3.63) is 59.9 Å². The van der Waals surface area contributed by atoms with Gasteiger partial charge in [-0.2, -0.15) is 0 Å². The Kier molecular flexibility index (Phi) is 9.41. The fourth-order valence-electron chi connectivity index (χ4n) is 3.32. The predicted octanol–water partition coefficient (Wildman–Crippen LogP) is 4.24. The average molecular weight is 496 g/mol. The van der Waals surface area contributed by atoms with Gasteiger partial charge in [-0.15, -0.1) is 35.7 Å². The minimum atomic E-state index is 0. The third kappa shape index (κ3) is 6.68. The second kappa shape index (κ2) is 11.5. The maximum Gasteiger partial charge on any atom is 0.193 e. The van der Waals surface area contributed by atoms with Crippen molar-refractivity contribution in [3.63, 3.8) is 0 Å². The van der Waals surface area contributed by atoms with Crippen LogP contribution in [0.3, 0.4) is 0 Å². The quantitative estimate of drug-likeness (QED) is 0.281. The molecular formula is C21H29IN4S. The molecule has 1 aliphatic heterocycles. The smallest absolute Gasteiger partial charge is 0.193 e. The molecule has 2 aromatic rings. The van der Waals surface area contributed by atoms with E-state index in [0.717, 1.165) is 37.9 Å². The van der Waals surface area contributed by atoms with Crippen LogP contribution < -0.4 is 5.32 Å². The Bertz CT molecular complexity index is 723. The number of aromatic nitrogens is 1. The first kappa shape index (κ1) is 22.0. The molecule has 1 unspecified atom stereocenters. The number of guanidine groups is 1. The Labute approximate surface area is 184 Å². The number of aryl methyl sites for hydroxylation is 1. The second-order valence-corrected chi connectivity index (χ2v) is 7.84. The molecular weight excluding hydrogens is 467 g/mol. The highest BCUT2D eigenvalue weighted by molar-refractivity contribution is 14.0. The summed E-state index contributed by atoms with van der Waals surface area (Å²) in [4.78, 5) is 12.4. The van der Waals surface area contributed by atoms with Gasteiger partial charge in [0.2, 0.25) is 0 Å². The molecule has 0 aliphatic carbocycles. The lowest BCUT2D eigenvalue weighted by Crippen LogP contribution is -2.41. The lowest BCUT2D eigenvalue weighted by atomic mass is 10.1. The van der Waals surface area contributed by atoms with Gasteiger partial charge < -0.3 is 10.2 Å². The molecule has 6 heteroatoms. The molecule has 1 aliphatic rings. The van der Waals surface area contributed by atoms with Crippen molar-refractivity contribution in [3.8, 4) is 0 Å². The van der Waals surface area contributed by atoms with Gasteiger partial charge in [0, 0.05) is 49.7 Å². The predicted molar refractivity (Wildman–Crippen MR) is 126 cm³/mol. The van der Waals surface area contributed by atoms with Crippen molar-refractivity contribution in [2.24, 2.45) is 10.9 Å². The van der Waals surface area contributed by atoms with Crippen molar-refractivity contribution in [2.75, 3.05) is 32.4 Å². The molecule has 146 valence electrons. The van der Waals surface area contributed by atoms with Gasteiger partial charge in [0.05, 0.1) is 0 Å². The number of likely N-dealkylation sites (tertiary alicyclic amines) is 1. The lowest BCUT2D eigenvalue weighted by Gasteiger charge is -2.22. The Balaban J connectivity index is 0.00000261. The van der Waals surface area contributed by atoms with E-state index in [4.69, 9.17) is 0 Å². The highest BCUT2D eigenvalue weighted by atomic mass is 127. The van der Waals surface area contributed by atoms with Crippen molar-refractivity contribution < 1.29 is 0 Å². The summed E-state index contributed by atoms with van der Waals surface area (Å²) < 4.78 is 0. The van der Waals surface area contributed by atoms with E-state index in [1.54, 1.807) is 0 Å². The van der Waals surface area contributed by atoms with E-state index in [1.807, 2.05) is 31.2 Å². The van der Waals surface area contributed by atoms with Gasteiger partial charge in [-0.25, -0.2) is 0 Å². The summed E-state index contributed by atoms with van der Waals surface area (Å²) in [7, 11) is 1.88. The maximum atomic E-state index is 4.49. The first-order valence-electron chi connectivity index (χ1n) is 9.29. The van der Waals surface area contributed by atoms with Crippen molar-refractivity contribution >= 4 is 41.7 Å². The summed E-state index contributed by atoms with van der Waals surface area (Å²) in [6.45, 7) is 5.20. The molecule has 1 aromatic carbocycles. The molecule has 1 N–H and O–H groups in total. The number of rotatable bonds is 6. The molecule has 3 rings (SSSR count). The van der Waals surface area contributed by atoms with Crippen LogP contribution in [-0.2, 0) is 6.42 Å². The van der Waals surface area contributed by atoms with Crippen molar-refractivity contribution in [2.45, 2.75) is 24.7 Å². The maximum absolute atomic E-state index is 4.49. The molecule has 0 radical (unpaired) electrons. The molecule has 2 heterocycles. The SMILES string of the molecule is CN=C(NCCc1ccncc1C)N1CCC(CSc2ccccc2)C1.I. The average Bonchev–Trinajstić information content (AvgIpc) is 3.14. The Morgan fingerprint density at radius 1 is 1.30 bits per heavy atom. The second-order valence-electron chi connectivity index (χ2n) is 6.75. The van der Waals surface area contributed by atoms with Gasteiger partial charge in [0.15, 0.2) is 5.96 Å². The number of halogens is 1. The van der Waals surface area contributed by atoms with Crippen LogP contribution in [0.25, 0.3) is 0 Å². The molecule has 0 amide bonds. The number of aliphatic imine (C=N–C) groups is 1. The summed E-state index contributed by atoms with van der Waals surface area (Å²) in [6, 6.07) is 12.8. The molecule has 1 aromatic heterocycles. The van der Waals surface area contributed by atoms with Crippen LogP contribution in [0.1, 0.15) is 17.5 Å². The van der Waals surface area contributed by atoms with Gasteiger partial charge in [-0.3, -0.25) is 9.98 Å². The zero-order valence-electron chi connectivity index (χ0n) is 16.1. The summed E-state index contributed by atoms with van der Waals surface area (Å²) in [6.07, 6.45) is 6.03. The number of hydrogen-bond donors (Lipinski definition) is 1. The third-order valence-corrected chi connectivity index (χ3v) is 6.08. The zero-order chi connectivity index (χ0) is 18.2. The standard InChI is InChI=1S/C21H28N4S.HI/c1-17-14-23-11-8-19(17)9-12-24-21(22-2)25-13-10-18(15-25)16-26-20-6-4-3-5-7-20;/h3-8,11,14,18H,9-10,12-13,15-16H2,1-2H3,(H,22,24);1H. The van der Waals surface area contributed by atoms with Crippen molar-refractivity contribution in [1.82, 2.24) is 15.2 Å². The fraction of sp³-hybridized carbons (Fsp3) is 0.429. The summed E-state index contributed by atoms with van der Waals surface area (Å²) in [5.41, 5.74) is 2.60. The Morgan fingerprint density at radius 2 is 2.11 bits per heavy atom. The van der Waals surface area contributed by atoms with Crippen LogP contribution in [0.4, 0.5) is 0 Å². The first-order valence-corrected chi connectivity index (χ1v) is 10.3. The third-order valence-electron chi connectivity index (χ3n) is 4.84. The molecule has 1 atom stereocenters. The largest absolute Gasteiger partial charge is 0.356 e. The van der Waals surface area contributed by atoms with E-state index in [1.165, 1.54) is 28.2 Å². The molecule has 4 nitrogen and oxygen atoms in total. The van der Waals surface area contributed by atoms with Gasteiger partial charge in [-0.05, 0) is 55.0 Å². The van der Waals surface area contributed by atoms with E-state index >= 15 is 0 Å². The molecule has 0 bridgehead atoms. The Hall–Kier alpha value is -1.28. The summed E-state index contributed by atoms with van der Waals surface area (Å²) in [5, 5.41) is 3.53. The van der Waals surface area contributed by atoms with E-state index in [2.05, 4.69) is 63.5 Å². The Morgan fingerprint density at radius 3 is 2.85 bits per heavy atom. The molecule has 1 saturated heterocycles. The fourth-order valence-corrected chi connectivity index (χ4v) is 4.37. The minimum Gasteiger partial charge on any atom is -0.356 e. The van der Waals surface area contributed by atoms with Gasteiger partial charge in [-0.1, -0.05) is 18.2 Å². The number of thioether (sulfide) groups is 1. The highest BCUT2D eigenvalue weighted by Gasteiger charge is 2.24. The molecule has 27 heavy (non-hydrogen) atoms. The number of pyridine rings is 1. The van der Waals surface area contributed by atoms with Crippen LogP contribution in [0.5, 0.6) is 0 Å². The first-order chi connectivity index (χ1) is 12.8. The number of nitrogens with one attached hydrogen (secondary N) is 1. The van der Waals surface area contributed by atoms with E-state index in [0.29, 0.717) is 0 Å². The number of hydrogen-bond acceptors (Lipinski definition) is 3. The topological polar surface area (TPSA) is 40.5 Å². The molecule has 0 saturated carbocycles. The van der Waals surface area contributed by atoms with Crippen molar-refractivity contribution in [1.29, 1.82) is 0 Å². The van der Waals surface area contributed by atoms with Gasteiger partial charge in [0.1, 0.15) is 0 Å². The summed E-state index contributed by atoms with van der Waals surface area (Å²) >= 11 is 1.96. The van der Waals surface area contributed by atoms with Gasteiger partial charge >= 0.3 is 0 Å². The van der Waals surface area contributed by atoms with Crippen LogP contribution >= 0.6 is 35.7 Å². The van der Waals surface area contributed by atoms with Crippen LogP contribution in [0.2, 0.25) is 0 Å². The molecule has 1 fully saturated rings. The lowest BCUT2D eigenvalue weighted by molar-refractivity contribution is 0.475. The molecule has 0 spiro atoms. The van der Waals surface area contributed by atoms with Gasteiger partial charge in [0.25, 0.3) is 0 Å². The minimum absolute atomic E-state index is 0. The van der Waals surface area contributed by atoms with E-state index < -0.39 is 0 Å². The van der Waals surface area contributed by atoms with Crippen LogP contribution in [0.15, 0.2) is 58.7 Å². The van der Waals surface area contributed by atoms with E-state index in [-0.39, 0.29) is 24.0 Å². The van der Waals surface area contributed by atoms with Crippen LogP contribution in [0, 0.1) is 12.8 Å². The van der Waals surface area contributed by atoms with E-state index in [9.17, 15) is 0 Å².